The number of amides is 1. The summed E-state index contributed by atoms with van der Waals surface area (Å²) in [6.45, 7) is 0. The summed E-state index contributed by atoms with van der Waals surface area (Å²) in [6.07, 6.45) is 0. The Bertz CT molecular complexity index is 314. The number of hydrogen-bond acceptors (Lipinski definition) is 3. The molecule has 0 aliphatic rings. The molecule has 0 aromatic heterocycles. The van der Waals surface area contributed by atoms with Crippen LogP contribution in [0.4, 0.5) is 0 Å². The molecule has 0 atom stereocenters. The van der Waals surface area contributed by atoms with Crippen molar-refractivity contribution in [2.45, 2.75) is 0 Å². The van der Waals surface area contributed by atoms with Crippen molar-refractivity contribution in [3.63, 3.8) is 0 Å². The lowest BCUT2D eigenvalue weighted by Crippen LogP contribution is -2.11. The van der Waals surface area contributed by atoms with Crippen LogP contribution in [0.1, 0.15) is 10.4 Å². The molecule has 0 fully saturated rings. The minimum Gasteiger partial charge on any atom is -0.410 e. The Kier molecular flexibility index (Phi) is 2.52. The lowest BCUT2D eigenvalue weighted by atomic mass is 10.2. The van der Waals surface area contributed by atoms with E-state index < -0.39 is 5.91 Å². The second-order valence-corrected chi connectivity index (χ2v) is 2.53. The van der Waals surface area contributed by atoms with Crippen molar-refractivity contribution >= 4 is 17.5 Å². The summed E-state index contributed by atoms with van der Waals surface area (Å²) >= 11 is 5.66. The van der Waals surface area contributed by atoms with Crippen LogP contribution in [0.2, 0.25) is 5.02 Å². The van der Waals surface area contributed by atoms with E-state index in [2.05, 4.69) is 4.84 Å². The van der Waals surface area contributed by atoms with Gasteiger partial charge in [-0.2, -0.15) is 5.90 Å². The zero-order chi connectivity index (χ0) is 9.14. The van der Waals surface area contributed by atoms with Crippen LogP contribution in [-0.4, -0.2) is 5.91 Å². The quantitative estimate of drug-likeness (QED) is 0.667. The van der Waals surface area contributed by atoms with Crippen LogP contribution >= 0.6 is 11.6 Å². The van der Waals surface area contributed by atoms with Crippen LogP contribution in [-0.2, 0) is 0 Å². The average Bonchev–Trinajstić information content (AvgIpc) is 2.04. The first kappa shape index (κ1) is 8.83. The molecule has 0 spiro atoms. The fourth-order valence-electron chi connectivity index (χ4n) is 0.750. The Hall–Kier alpha value is -1.26. The van der Waals surface area contributed by atoms with E-state index in [1.54, 1.807) is 0 Å². The Labute approximate surface area is 74.0 Å². The van der Waals surface area contributed by atoms with E-state index in [0.29, 0.717) is 11.3 Å². The highest BCUT2D eigenvalue weighted by Crippen LogP contribution is 2.23. The first-order chi connectivity index (χ1) is 5.65. The molecule has 1 aromatic rings. The largest absolute Gasteiger partial charge is 0.410 e. The Balaban J connectivity index is 3.10. The third kappa shape index (κ3) is 1.66. The van der Waals surface area contributed by atoms with Gasteiger partial charge in [0.05, 0.1) is 5.02 Å². The number of nitrogens with two attached hydrogens (primary N) is 2. The van der Waals surface area contributed by atoms with Gasteiger partial charge in [-0.05, 0) is 18.2 Å². The predicted octanol–water partition coefficient (Wildman–Crippen LogP) is 0.691. The summed E-state index contributed by atoms with van der Waals surface area (Å²) in [5.41, 5.74) is 5.32. The van der Waals surface area contributed by atoms with Crippen molar-refractivity contribution in [3.05, 3.63) is 28.8 Å². The SMILES string of the molecule is NOc1ccc(C(N)=O)cc1Cl. The molecular formula is C7H7ClN2O2. The summed E-state index contributed by atoms with van der Waals surface area (Å²) in [4.78, 5) is 15.0. The second kappa shape index (κ2) is 3.42. The van der Waals surface area contributed by atoms with Crippen LogP contribution in [0.5, 0.6) is 5.75 Å². The Morgan fingerprint density at radius 3 is 2.58 bits per heavy atom. The molecule has 0 aliphatic carbocycles. The van der Waals surface area contributed by atoms with Crippen LogP contribution in [0.3, 0.4) is 0 Å². The monoisotopic (exact) mass is 186 g/mol. The molecule has 0 heterocycles. The second-order valence-electron chi connectivity index (χ2n) is 2.13. The van der Waals surface area contributed by atoms with Gasteiger partial charge in [0, 0.05) is 5.56 Å². The van der Waals surface area contributed by atoms with Crippen molar-refractivity contribution in [3.8, 4) is 5.75 Å². The van der Waals surface area contributed by atoms with Crippen molar-refractivity contribution in [2.24, 2.45) is 11.6 Å². The molecule has 1 amide bonds. The first-order valence-electron chi connectivity index (χ1n) is 3.11. The zero-order valence-electron chi connectivity index (χ0n) is 6.08. The number of halogens is 1. The molecular weight excluding hydrogens is 180 g/mol. The maximum absolute atomic E-state index is 10.6. The minimum atomic E-state index is -0.541. The molecule has 4 nitrogen and oxygen atoms in total. The molecule has 5 heteroatoms. The summed E-state index contributed by atoms with van der Waals surface area (Å²) in [6, 6.07) is 4.35. The molecule has 4 N–H and O–H groups in total. The summed E-state index contributed by atoms with van der Waals surface area (Å²) < 4.78 is 0. The van der Waals surface area contributed by atoms with Gasteiger partial charge >= 0.3 is 0 Å². The van der Waals surface area contributed by atoms with Gasteiger partial charge in [0.1, 0.15) is 0 Å². The number of carbonyl (C=O) groups is 1. The lowest BCUT2D eigenvalue weighted by Gasteiger charge is -2.01. The van der Waals surface area contributed by atoms with Gasteiger partial charge in [0.15, 0.2) is 5.75 Å². The highest BCUT2D eigenvalue weighted by molar-refractivity contribution is 6.32. The topological polar surface area (TPSA) is 78.3 Å². The number of benzene rings is 1. The van der Waals surface area contributed by atoms with Crippen molar-refractivity contribution < 1.29 is 9.63 Å². The molecule has 0 unspecified atom stereocenters. The van der Waals surface area contributed by atoms with Crippen LogP contribution in [0, 0.1) is 0 Å². The van der Waals surface area contributed by atoms with Crippen molar-refractivity contribution in [1.29, 1.82) is 0 Å². The maximum atomic E-state index is 10.6. The lowest BCUT2D eigenvalue weighted by molar-refractivity contribution is 0.100. The fraction of sp³-hybridized carbons (Fsp3) is 0. The van der Waals surface area contributed by atoms with Gasteiger partial charge in [0.2, 0.25) is 5.91 Å². The Morgan fingerprint density at radius 2 is 2.17 bits per heavy atom. The molecule has 1 rings (SSSR count). The summed E-state index contributed by atoms with van der Waals surface area (Å²) in [5, 5.41) is 0.258. The first-order valence-corrected chi connectivity index (χ1v) is 3.49. The molecule has 0 aliphatic heterocycles. The maximum Gasteiger partial charge on any atom is 0.248 e. The standard InChI is InChI=1S/C7H7ClN2O2/c8-5-3-4(7(9)11)1-2-6(5)12-10/h1-3H,10H2,(H2,9,11). The highest BCUT2D eigenvalue weighted by atomic mass is 35.5. The number of hydrogen-bond donors (Lipinski definition) is 2. The summed E-state index contributed by atoms with van der Waals surface area (Å²) in [5.74, 6) is 4.64. The molecule has 1 aromatic carbocycles. The van der Waals surface area contributed by atoms with Gasteiger partial charge in [-0.15, -0.1) is 0 Å². The van der Waals surface area contributed by atoms with E-state index in [4.69, 9.17) is 23.2 Å². The van der Waals surface area contributed by atoms with E-state index in [9.17, 15) is 4.79 Å². The van der Waals surface area contributed by atoms with E-state index in [1.165, 1.54) is 18.2 Å². The number of rotatable bonds is 2. The normalized spacial score (nSPS) is 9.50. The highest BCUT2D eigenvalue weighted by Gasteiger charge is 2.05. The van der Waals surface area contributed by atoms with E-state index in [0.717, 1.165) is 0 Å². The van der Waals surface area contributed by atoms with E-state index >= 15 is 0 Å². The number of primary amides is 1. The minimum absolute atomic E-state index is 0.258. The molecule has 0 saturated carbocycles. The molecule has 64 valence electrons. The zero-order valence-corrected chi connectivity index (χ0v) is 6.84. The molecule has 12 heavy (non-hydrogen) atoms. The van der Waals surface area contributed by atoms with Gasteiger partial charge in [-0.1, -0.05) is 11.6 Å². The summed E-state index contributed by atoms with van der Waals surface area (Å²) in [7, 11) is 0. The molecule has 0 saturated heterocycles. The predicted molar refractivity (Wildman–Crippen MR) is 44.8 cm³/mol. The van der Waals surface area contributed by atoms with Crippen LogP contribution < -0.4 is 16.5 Å². The molecule has 0 radical (unpaired) electrons. The van der Waals surface area contributed by atoms with Gasteiger partial charge < -0.3 is 10.6 Å². The fourth-order valence-corrected chi connectivity index (χ4v) is 0.975. The van der Waals surface area contributed by atoms with Gasteiger partial charge in [-0.25, -0.2) is 0 Å². The third-order valence-corrected chi connectivity index (χ3v) is 1.64. The van der Waals surface area contributed by atoms with Crippen LogP contribution in [0.25, 0.3) is 0 Å². The third-order valence-electron chi connectivity index (χ3n) is 1.34. The van der Waals surface area contributed by atoms with Crippen molar-refractivity contribution in [2.75, 3.05) is 0 Å². The molecule has 0 bridgehead atoms. The van der Waals surface area contributed by atoms with Gasteiger partial charge in [-0.3, -0.25) is 4.79 Å². The van der Waals surface area contributed by atoms with Crippen molar-refractivity contribution in [1.82, 2.24) is 0 Å². The number of carbonyl (C=O) groups excluding carboxylic acids is 1. The average molecular weight is 187 g/mol. The van der Waals surface area contributed by atoms with E-state index in [-0.39, 0.29) is 5.02 Å². The van der Waals surface area contributed by atoms with Crippen LogP contribution in [0.15, 0.2) is 18.2 Å². The van der Waals surface area contributed by atoms with E-state index in [1.807, 2.05) is 0 Å². The van der Waals surface area contributed by atoms with Gasteiger partial charge in [0.25, 0.3) is 0 Å². The smallest absolute Gasteiger partial charge is 0.248 e. The Morgan fingerprint density at radius 1 is 1.50 bits per heavy atom.